The zero-order chi connectivity index (χ0) is 16.4. The van der Waals surface area contributed by atoms with Crippen LogP contribution in [0.1, 0.15) is 22.1 Å². The van der Waals surface area contributed by atoms with Crippen LogP contribution >= 0.6 is 11.8 Å². The minimum atomic E-state index is -0.277. The van der Waals surface area contributed by atoms with E-state index >= 15 is 0 Å². The van der Waals surface area contributed by atoms with Gasteiger partial charge in [-0.2, -0.15) is 0 Å². The monoisotopic (exact) mass is 330 g/mol. The van der Waals surface area contributed by atoms with Crippen molar-refractivity contribution in [2.45, 2.75) is 19.2 Å². The molecule has 2 amide bonds. The summed E-state index contributed by atoms with van der Waals surface area (Å²) in [6.07, 6.45) is 0. The van der Waals surface area contributed by atoms with Crippen molar-refractivity contribution in [3.63, 3.8) is 0 Å². The fourth-order valence-electron chi connectivity index (χ4n) is 2.80. The zero-order valence-corrected chi connectivity index (χ0v) is 14.0. The lowest BCUT2D eigenvalue weighted by Crippen LogP contribution is -2.35. The van der Waals surface area contributed by atoms with Gasteiger partial charge < -0.3 is 10.2 Å². The molecule has 1 aliphatic rings. The largest absolute Gasteiger partial charge is 0.323 e. The molecule has 2 aromatic carbocycles. The number of halogens is 1. The van der Waals surface area contributed by atoms with Gasteiger partial charge in [-0.1, -0.05) is 36.4 Å². The van der Waals surface area contributed by atoms with Gasteiger partial charge in [0.2, 0.25) is 0 Å². The molecule has 0 radical (unpaired) electrons. The average Bonchev–Trinajstić information content (AvgIpc) is 3.01. The van der Waals surface area contributed by atoms with Crippen LogP contribution in [0.15, 0.2) is 42.5 Å². The third kappa shape index (κ3) is 3.20. The van der Waals surface area contributed by atoms with Gasteiger partial charge in [0.25, 0.3) is 0 Å². The van der Waals surface area contributed by atoms with E-state index in [4.69, 9.17) is 0 Å². The fourth-order valence-corrected chi connectivity index (χ4v) is 4.08. The van der Waals surface area contributed by atoms with E-state index < -0.39 is 0 Å². The van der Waals surface area contributed by atoms with E-state index in [9.17, 15) is 9.18 Å². The summed E-state index contributed by atoms with van der Waals surface area (Å²) in [5, 5.41) is 2.71. The number of thioether (sulfide) groups is 1. The smallest absolute Gasteiger partial charge is 0.307 e. The summed E-state index contributed by atoms with van der Waals surface area (Å²) in [5.41, 5.74) is 3.44. The van der Waals surface area contributed by atoms with E-state index in [2.05, 4.69) is 5.32 Å². The summed E-state index contributed by atoms with van der Waals surface area (Å²) in [4.78, 5) is 14.4. The number of hydrogen-bond acceptors (Lipinski definition) is 2. The molecule has 120 valence electrons. The Morgan fingerprint density at radius 1 is 1.17 bits per heavy atom. The Bertz CT molecular complexity index is 714. The summed E-state index contributed by atoms with van der Waals surface area (Å²) in [6.45, 7) is 4.55. The molecule has 2 aromatic rings. The van der Waals surface area contributed by atoms with Crippen molar-refractivity contribution in [3.05, 3.63) is 65.0 Å². The molecule has 3 rings (SSSR count). The quantitative estimate of drug-likeness (QED) is 0.864. The van der Waals surface area contributed by atoms with Crippen LogP contribution in [0.2, 0.25) is 0 Å². The molecule has 1 saturated heterocycles. The molecular formula is C18H19FN2OS. The number of carbonyl (C=O) groups excluding carboxylic acids is 1. The number of carbonyl (C=O) groups is 1. The topological polar surface area (TPSA) is 32.3 Å². The molecule has 5 heteroatoms. The van der Waals surface area contributed by atoms with Crippen LogP contribution in [0, 0.1) is 19.7 Å². The normalized spacial score (nSPS) is 17.3. The molecule has 0 spiro atoms. The molecule has 3 nitrogen and oxygen atoms in total. The SMILES string of the molecule is Cc1cccc(C)c1NC(=O)N1CCSC1c1ccccc1F. The van der Waals surface area contributed by atoms with E-state index in [-0.39, 0.29) is 17.2 Å². The number of benzene rings is 2. The number of para-hydroxylation sites is 1. The van der Waals surface area contributed by atoms with Crippen LogP contribution in [0.3, 0.4) is 0 Å². The van der Waals surface area contributed by atoms with Gasteiger partial charge in [-0.25, -0.2) is 9.18 Å². The van der Waals surface area contributed by atoms with Crippen LogP contribution < -0.4 is 5.32 Å². The molecule has 1 atom stereocenters. The summed E-state index contributed by atoms with van der Waals surface area (Å²) >= 11 is 1.59. The molecule has 1 fully saturated rings. The summed E-state index contributed by atoms with van der Waals surface area (Å²) in [6, 6.07) is 12.4. The van der Waals surface area contributed by atoms with Gasteiger partial charge in [0.15, 0.2) is 0 Å². The van der Waals surface area contributed by atoms with E-state index in [1.807, 2.05) is 32.0 Å². The van der Waals surface area contributed by atoms with E-state index in [1.54, 1.807) is 34.9 Å². The number of amides is 2. The van der Waals surface area contributed by atoms with Crippen molar-refractivity contribution >= 4 is 23.5 Å². The maximum atomic E-state index is 14.1. The van der Waals surface area contributed by atoms with Gasteiger partial charge in [-0.05, 0) is 31.0 Å². The number of nitrogens with one attached hydrogen (secondary N) is 1. The number of aryl methyl sites for hydroxylation is 2. The second-order valence-electron chi connectivity index (χ2n) is 5.64. The molecule has 1 heterocycles. The van der Waals surface area contributed by atoms with Gasteiger partial charge in [0.05, 0.1) is 0 Å². The maximum absolute atomic E-state index is 14.1. The summed E-state index contributed by atoms with van der Waals surface area (Å²) in [7, 11) is 0. The molecule has 0 saturated carbocycles. The molecule has 1 N–H and O–H groups in total. The van der Waals surface area contributed by atoms with Crippen molar-refractivity contribution in [1.82, 2.24) is 4.90 Å². The van der Waals surface area contributed by atoms with Gasteiger partial charge in [-0.15, -0.1) is 11.8 Å². The Balaban J connectivity index is 1.83. The van der Waals surface area contributed by atoms with Gasteiger partial charge >= 0.3 is 6.03 Å². The minimum absolute atomic E-state index is 0.180. The average molecular weight is 330 g/mol. The molecule has 0 aliphatic carbocycles. The standard InChI is InChI=1S/C18H19FN2OS/c1-12-6-5-7-13(2)16(12)20-18(22)21-10-11-23-17(21)14-8-3-4-9-15(14)19/h3-9,17H,10-11H2,1-2H3,(H,20,22). The highest BCUT2D eigenvalue weighted by Crippen LogP contribution is 2.39. The lowest BCUT2D eigenvalue weighted by molar-refractivity contribution is 0.213. The Hall–Kier alpha value is -2.01. The highest BCUT2D eigenvalue weighted by atomic mass is 32.2. The zero-order valence-electron chi connectivity index (χ0n) is 13.2. The number of rotatable bonds is 2. The number of hydrogen-bond donors (Lipinski definition) is 1. The third-order valence-corrected chi connectivity index (χ3v) is 5.28. The second-order valence-corrected chi connectivity index (χ2v) is 6.82. The van der Waals surface area contributed by atoms with E-state index in [1.165, 1.54) is 6.07 Å². The van der Waals surface area contributed by atoms with Crippen molar-refractivity contribution in [2.24, 2.45) is 0 Å². The first-order valence-corrected chi connectivity index (χ1v) is 8.62. The lowest BCUT2D eigenvalue weighted by Gasteiger charge is -2.25. The van der Waals surface area contributed by atoms with Crippen molar-refractivity contribution in [1.29, 1.82) is 0 Å². The molecular weight excluding hydrogens is 311 g/mol. The summed E-state index contributed by atoms with van der Waals surface area (Å²) < 4.78 is 14.1. The van der Waals surface area contributed by atoms with Crippen LogP contribution in [0.25, 0.3) is 0 Å². The first-order chi connectivity index (χ1) is 11.1. The minimum Gasteiger partial charge on any atom is -0.307 e. The van der Waals surface area contributed by atoms with Crippen LogP contribution in [-0.4, -0.2) is 23.2 Å². The van der Waals surface area contributed by atoms with Crippen molar-refractivity contribution in [2.75, 3.05) is 17.6 Å². The first kappa shape index (κ1) is 15.9. The van der Waals surface area contributed by atoms with Crippen molar-refractivity contribution in [3.8, 4) is 0 Å². The Morgan fingerprint density at radius 3 is 2.57 bits per heavy atom. The van der Waals surface area contributed by atoms with Crippen LogP contribution in [0.4, 0.5) is 14.9 Å². The highest BCUT2D eigenvalue weighted by molar-refractivity contribution is 7.99. The van der Waals surface area contributed by atoms with Crippen molar-refractivity contribution < 1.29 is 9.18 Å². The number of nitrogens with zero attached hydrogens (tertiary/aromatic N) is 1. The number of anilines is 1. The van der Waals surface area contributed by atoms with Gasteiger partial charge in [-0.3, -0.25) is 0 Å². The molecule has 23 heavy (non-hydrogen) atoms. The van der Waals surface area contributed by atoms with Gasteiger partial charge in [0.1, 0.15) is 11.2 Å². The molecule has 1 unspecified atom stereocenters. The van der Waals surface area contributed by atoms with Crippen LogP contribution in [-0.2, 0) is 0 Å². The Labute approximate surface area is 139 Å². The van der Waals surface area contributed by atoms with E-state index in [0.29, 0.717) is 12.1 Å². The Kier molecular flexibility index (Phi) is 4.57. The predicted octanol–water partition coefficient (Wildman–Crippen LogP) is 4.72. The lowest BCUT2D eigenvalue weighted by atomic mass is 10.1. The van der Waals surface area contributed by atoms with Gasteiger partial charge in [0, 0.05) is 23.5 Å². The number of urea groups is 1. The third-order valence-electron chi connectivity index (χ3n) is 4.04. The van der Waals surface area contributed by atoms with E-state index in [0.717, 1.165) is 22.6 Å². The molecule has 0 bridgehead atoms. The molecule has 0 aromatic heterocycles. The fraction of sp³-hybridized carbons (Fsp3) is 0.278. The second kappa shape index (κ2) is 6.62. The van der Waals surface area contributed by atoms with Crippen LogP contribution in [0.5, 0.6) is 0 Å². The molecule has 1 aliphatic heterocycles. The Morgan fingerprint density at radius 2 is 1.87 bits per heavy atom. The first-order valence-electron chi connectivity index (χ1n) is 7.58. The summed E-state index contributed by atoms with van der Waals surface area (Å²) in [5.74, 6) is 0.538. The maximum Gasteiger partial charge on any atom is 0.323 e. The predicted molar refractivity (Wildman–Crippen MR) is 93.2 cm³/mol. The highest BCUT2D eigenvalue weighted by Gasteiger charge is 2.32.